The number of rotatable bonds is 5. The molecule has 0 aliphatic rings. The summed E-state index contributed by atoms with van der Waals surface area (Å²) in [4.78, 5) is 23.3. The number of anilines is 1. The van der Waals surface area contributed by atoms with Crippen molar-refractivity contribution in [2.24, 2.45) is 0 Å². The number of carbonyl (C=O) groups is 2. The van der Waals surface area contributed by atoms with Crippen molar-refractivity contribution in [2.75, 3.05) is 5.32 Å². The number of nitrogens with zero attached hydrogens (tertiary/aromatic N) is 1. The Morgan fingerprint density at radius 3 is 2.43 bits per heavy atom. The van der Waals surface area contributed by atoms with E-state index in [1.807, 2.05) is 26.0 Å². The summed E-state index contributed by atoms with van der Waals surface area (Å²) in [6.07, 6.45) is 0. The maximum atomic E-state index is 12.4. The number of amides is 2. The molecule has 2 rings (SSSR count). The highest BCUT2D eigenvalue weighted by Crippen LogP contribution is 2.22. The lowest BCUT2D eigenvalue weighted by Crippen LogP contribution is -2.24. The van der Waals surface area contributed by atoms with E-state index in [-0.39, 0.29) is 17.7 Å². The highest BCUT2D eigenvalue weighted by atomic mass is 16.5. The van der Waals surface area contributed by atoms with Crippen molar-refractivity contribution in [2.45, 2.75) is 40.2 Å². The molecule has 1 aromatic heterocycles. The van der Waals surface area contributed by atoms with Crippen LogP contribution in [0.15, 0.2) is 28.8 Å². The van der Waals surface area contributed by atoms with Crippen molar-refractivity contribution in [1.29, 1.82) is 0 Å². The van der Waals surface area contributed by atoms with Gasteiger partial charge in [-0.25, -0.2) is 0 Å². The Bertz CT molecular complexity index is 702. The number of nitrogens with one attached hydrogen (secondary N) is 2. The van der Waals surface area contributed by atoms with E-state index in [4.69, 9.17) is 4.52 Å². The zero-order chi connectivity index (χ0) is 17.0. The standard InChI is InChI=1S/C17H21N3O3/c1-10(2)16-15(11(3)20-23-16)17(22)18-9-13-5-7-14(8-6-13)19-12(4)21/h5-8,10H,9H2,1-4H3,(H,18,22)(H,19,21). The summed E-state index contributed by atoms with van der Waals surface area (Å²) < 4.78 is 5.23. The van der Waals surface area contributed by atoms with Crippen LogP contribution in [0.4, 0.5) is 5.69 Å². The molecule has 6 nitrogen and oxygen atoms in total. The molecule has 2 amide bonds. The van der Waals surface area contributed by atoms with E-state index in [0.717, 1.165) is 11.3 Å². The molecule has 0 bridgehead atoms. The zero-order valence-corrected chi connectivity index (χ0v) is 13.8. The van der Waals surface area contributed by atoms with E-state index in [2.05, 4.69) is 15.8 Å². The van der Waals surface area contributed by atoms with Gasteiger partial charge in [0.1, 0.15) is 5.56 Å². The Morgan fingerprint density at radius 1 is 1.22 bits per heavy atom. The largest absolute Gasteiger partial charge is 0.360 e. The molecule has 0 spiro atoms. The number of carbonyl (C=O) groups excluding carboxylic acids is 2. The van der Waals surface area contributed by atoms with Gasteiger partial charge in [-0.1, -0.05) is 31.1 Å². The lowest BCUT2D eigenvalue weighted by molar-refractivity contribution is -0.114. The van der Waals surface area contributed by atoms with Crippen LogP contribution in [-0.2, 0) is 11.3 Å². The maximum absolute atomic E-state index is 12.4. The Balaban J connectivity index is 2.02. The second-order valence-electron chi connectivity index (χ2n) is 5.72. The van der Waals surface area contributed by atoms with Crippen LogP contribution >= 0.6 is 0 Å². The third-order valence-electron chi connectivity index (χ3n) is 3.37. The van der Waals surface area contributed by atoms with Crippen molar-refractivity contribution in [3.05, 3.63) is 46.8 Å². The first kappa shape index (κ1) is 16.7. The molecule has 2 N–H and O–H groups in total. The molecular formula is C17H21N3O3. The lowest BCUT2D eigenvalue weighted by Gasteiger charge is -2.08. The number of aryl methyl sites for hydroxylation is 1. The molecule has 0 fully saturated rings. The zero-order valence-electron chi connectivity index (χ0n) is 13.8. The minimum absolute atomic E-state index is 0.0916. The highest BCUT2D eigenvalue weighted by molar-refractivity contribution is 5.96. The summed E-state index contributed by atoms with van der Waals surface area (Å²) in [5.41, 5.74) is 2.76. The van der Waals surface area contributed by atoms with E-state index < -0.39 is 0 Å². The molecule has 0 aliphatic heterocycles. The molecule has 6 heteroatoms. The van der Waals surface area contributed by atoms with Crippen molar-refractivity contribution < 1.29 is 14.1 Å². The van der Waals surface area contributed by atoms with Gasteiger partial charge in [0.2, 0.25) is 5.91 Å². The van der Waals surface area contributed by atoms with Crippen LogP contribution in [0.25, 0.3) is 0 Å². The molecule has 122 valence electrons. The lowest BCUT2D eigenvalue weighted by atomic mass is 10.0. The van der Waals surface area contributed by atoms with Gasteiger partial charge >= 0.3 is 0 Å². The summed E-state index contributed by atoms with van der Waals surface area (Å²) >= 11 is 0. The summed E-state index contributed by atoms with van der Waals surface area (Å²) in [5.74, 6) is 0.378. The van der Waals surface area contributed by atoms with Crippen LogP contribution in [0.5, 0.6) is 0 Å². The van der Waals surface area contributed by atoms with Crippen LogP contribution in [-0.4, -0.2) is 17.0 Å². The predicted octanol–water partition coefficient (Wildman–Crippen LogP) is 2.99. The minimum Gasteiger partial charge on any atom is -0.360 e. The van der Waals surface area contributed by atoms with Gasteiger partial charge < -0.3 is 15.2 Å². The third-order valence-corrected chi connectivity index (χ3v) is 3.37. The highest BCUT2D eigenvalue weighted by Gasteiger charge is 2.22. The number of aromatic nitrogens is 1. The van der Waals surface area contributed by atoms with Gasteiger partial charge in [-0.3, -0.25) is 9.59 Å². The second kappa shape index (κ2) is 7.09. The van der Waals surface area contributed by atoms with Gasteiger partial charge in [-0.05, 0) is 24.6 Å². The Kier molecular flexibility index (Phi) is 5.16. The summed E-state index contributed by atoms with van der Waals surface area (Å²) in [5, 5.41) is 9.45. The Labute approximate surface area is 135 Å². The van der Waals surface area contributed by atoms with Gasteiger partial charge in [-0.2, -0.15) is 0 Å². The Morgan fingerprint density at radius 2 is 1.87 bits per heavy atom. The fourth-order valence-electron chi connectivity index (χ4n) is 2.24. The monoisotopic (exact) mass is 315 g/mol. The number of hydrogen-bond donors (Lipinski definition) is 2. The van der Waals surface area contributed by atoms with Crippen molar-refractivity contribution in [1.82, 2.24) is 10.5 Å². The average Bonchev–Trinajstić information content (AvgIpc) is 2.88. The molecule has 0 saturated carbocycles. The molecule has 0 atom stereocenters. The second-order valence-corrected chi connectivity index (χ2v) is 5.72. The van der Waals surface area contributed by atoms with E-state index in [1.165, 1.54) is 6.92 Å². The molecule has 0 aliphatic carbocycles. The van der Waals surface area contributed by atoms with Gasteiger partial charge in [0.25, 0.3) is 5.91 Å². The third kappa shape index (κ3) is 4.18. The predicted molar refractivity (Wildman–Crippen MR) is 87.2 cm³/mol. The van der Waals surface area contributed by atoms with Crippen LogP contribution < -0.4 is 10.6 Å². The number of benzene rings is 1. The molecule has 0 saturated heterocycles. The fourth-order valence-corrected chi connectivity index (χ4v) is 2.24. The quantitative estimate of drug-likeness (QED) is 0.888. The van der Waals surface area contributed by atoms with Crippen molar-refractivity contribution in [3.63, 3.8) is 0 Å². The molecule has 1 aromatic carbocycles. The van der Waals surface area contributed by atoms with E-state index >= 15 is 0 Å². The summed E-state index contributed by atoms with van der Waals surface area (Å²) in [6.45, 7) is 7.52. The SMILES string of the molecule is CC(=O)Nc1ccc(CNC(=O)c2c(C)noc2C(C)C)cc1. The molecule has 23 heavy (non-hydrogen) atoms. The summed E-state index contributed by atoms with van der Waals surface area (Å²) in [6, 6.07) is 7.31. The van der Waals surface area contributed by atoms with Crippen LogP contribution in [0.1, 0.15) is 54.1 Å². The first-order valence-corrected chi connectivity index (χ1v) is 7.49. The smallest absolute Gasteiger partial charge is 0.257 e. The van der Waals surface area contributed by atoms with Gasteiger partial charge in [0.15, 0.2) is 5.76 Å². The first-order chi connectivity index (χ1) is 10.9. The van der Waals surface area contributed by atoms with Crippen molar-refractivity contribution >= 4 is 17.5 Å². The first-order valence-electron chi connectivity index (χ1n) is 7.49. The van der Waals surface area contributed by atoms with Gasteiger partial charge in [0, 0.05) is 25.1 Å². The van der Waals surface area contributed by atoms with Crippen LogP contribution in [0.2, 0.25) is 0 Å². The normalized spacial score (nSPS) is 10.7. The number of hydrogen-bond acceptors (Lipinski definition) is 4. The van der Waals surface area contributed by atoms with Crippen LogP contribution in [0, 0.1) is 6.92 Å². The maximum Gasteiger partial charge on any atom is 0.257 e. The average molecular weight is 315 g/mol. The molecule has 1 heterocycles. The Hall–Kier alpha value is -2.63. The molecular weight excluding hydrogens is 294 g/mol. The summed E-state index contributed by atoms with van der Waals surface area (Å²) in [7, 11) is 0. The van der Waals surface area contributed by atoms with Gasteiger partial charge in [-0.15, -0.1) is 0 Å². The minimum atomic E-state index is -0.196. The van der Waals surface area contributed by atoms with Crippen molar-refractivity contribution in [3.8, 4) is 0 Å². The molecule has 0 unspecified atom stereocenters. The fraction of sp³-hybridized carbons (Fsp3) is 0.353. The molecule has 2 aromatic rings. The topological polar surface area (TPSA) is 84.2 Å². The van der Waals surface area contributed by atoms with E-state index in [1.54, 1.807) is 19.1 Å². The van der Waals surface area contributed by atoms with E-state index in [0.29, 0.717) is 23.6 Å². The van der Waals surface area contributed by atoms with Crippen LogP contribution in [0.3, 0.4) is 0 Å². The molecule has 0 radical (unpaired) electrons. The van der Waals surface area contributed by atoms with Gasteiger partial charge in [0.05, 0.1) is 5.69 Å². The van der Waals surface area contributed by atoms with E-state index in [9.17, 15) is 9.59 Å².